The van der Waals surface area contributed by atoms with E-state index in [1.807, 2.05) is 30.3 Å². The van der Waals surface area contributed by atoms with Crippen LogP contribution in [0.4, 0.5) is 0 Å². The lowest BCUT2D eigenvalue weighted by atomic mass is 10.1. The van der Waals surface area contributed by atoms with Gasteiger partial charge in [-0.25, -0.2) is 9.78 Å². The summed E-state index contributed by atoms with van der Waals surface area (Å²) in [6.45, 7) is 6.47. The fraction of sp³-hybridized carbons (Fsp3) is 0.333. The van der Waals surface area contributed by atoms with Gasteiger partial charge in [-0.1, -0.05) is 19.1 Å². The molecule has 0 aliphatic rings. The minimum absolute atomic E-state index is 0.258. The third kappa shape index (κ3) is 3.17. The van der Waals surface area contributed by atoms with Crippen molar-refractivity contribution in [3.8, 4) is 17.1 Å². The molecule has 0 fully saturated rings. The summed E-state index contributed by atoms with van der Waals surface area (Å²) >= 11 is 0. The van der Waals surface area contributed by atoms with Gasteiger partial charge in [-0.2, -0.15) is 0 Å². The molecule has 1 heterocycles. The first-order valence-electron chi connectivity index (χ1n) is 8.93. The van der Waals surface area contributed by atoms with Crippen molar-refractivity contribution < 1.29 is 14.3 Å². The summed E-state index contributed by atoms with van der Waals surface area (Å²) in [7, 11) is 1.66. The molecule has 2 aromatic carbocycles. The van der Waals surface area contributed by atoms with Gasteiger partial charge in [-0.05, 0) is 50.6 Å². The van der Waals surface area contributed by atoms with E-state index in [0.29, 0.717) is 12.2 Å². The van der Waals surface area contributed by atoms with Gasteiger partial charge in [0.2, 0.25) is 0 Å². The van der Waals surface area contributed by atoms with Crippen molar-refractivity contribution in [2.45, 2.75) is 33.2 Å². The Morgan fingerprint density at radius 1 is 1.19 bits per heavy atom. The summed E-state index contributed by atoms with van der Waals surface area (Å²) in [6, 6.07) is 13.6. The van der Waals surface area contributed by atoms with E-state index in [1.54, 1.807) is 26.2 Å². The number of aromatic nitrogens is 2. The average Bonchev–Trinajstić information content (AvgIpc) is 3.05. The molecule has 0 spiro atoms. The van der Waals surface area contributed by atoms with Gasteiger partial charge >= 0.3 is 5.97 Å². The highest BCUT2D eigenvalue weighted by Crippen LogP contribution is 2.34. The molecule has 0 N–H and O–H groups in total. The molecule has 0 saturated carbocycles. The Labute approximate surface area is 153 Å². The Balaban J connectivity index is 2.23. The number of para-hydroxylation sites is 1. The number of rotatable bonds is 6. The molecular formula is C21H24N2O3. The lowest BCUT2D eigenvalue weighted by molar-refractivity contribution is 0.0526. The molecule has 0 amide bonds. The van der Waals surface area contributed by atoms with E-state index in [-0.39, 0.29) is 12.0 Å². The molecule has 1 aromatic heterocycles. The van der Waals surface area contributed by atoms with Crippen LogP contribution in [0.5, 0.6) is 5.75 Å². The van der Waals surface area contributed by atoms with Crippen LogP contribution in [0.15, 0.2) is 42.5 Å². The van der Waals surface area contributed by atoms with Crippen LogP contribution in [0, 0.1) is 0 Å². The average molecular weight is 352 g/mol. The van der Waals surface area contributed by atoms with Crippen LogP contribution in [-0.4, -0.2) is 29.2 Å². The van der Waals surface area contributed by atoms with Crippen LogP contribution in [-0.2, 0) is 4.74 Å². The number of nitrogens with zero attached hydrogens (tertiary/aromatic N) is 2. The SMILES string of the molecule is CCOC(=O)c1ccc2c(c1)nc(-c1ccccc1OC)n2C(C)CC. The van der Waals surface area contributed by atoms with Gasteiger partial charge in [-0.3, -0.25) is 0 Å². The van der Waals surface area contributed by atoms with Gasteiger partial charge in [0, 0.05) is 6.04 Å². The van der Waals surface area contributed by atoms with E-state index in [2.05, 4.69) is 18.4 Å². The van der Waals surface area contributed by atoms with Gasteiger partial charge in [-0.15, -0.1) is 0 Å². The molecule has 0 aliphatic heterocycles. The summed E-state index contributed by atoms with van der Waals surface area (Å²) in [5.41, 5.74) is 3.22. The van der Waals surface area contributed by atoms with Crippen LogP contribution in [0.1, 0.15) is 43.6 Å². The van der Waals surface area contributed by atoms with Crippen LogP contribution in [0.3, 0.4) is 0 Å². The highest BCUT2D eigenvalue weighted by molar-refractivity contribution is 5.94. The van der Waals surface area contributed by atoms with Crippen molar-refractivity contribution in [1.82, 2.24) is 9.55 Å². The van der Waals surface area contributed by atoms with Crippen LogP contribution >= 0.6 is 0 Å². The Bertz CT molecular complexity index is 930. The second-order valence-electron chi connectivity index (χ2n) is 6.19. The van der Waals surface area contributed by atoms with Gasteiger partial charge in [0.25, 0.3) is 0 Å². The predicted octanol–water partition coefficient (Wildman–Crippen LogP) is 4.86. The van der Waals surface area contributed by atoms with Gasteiger partial charge < -0.3 is 14.0 Å². The molecule has 5 heteroatoms. The zero-order valence-corrected chi connectivity index (χ0v) is 15.7. The molecule has 136 valence electrons. The van der Waals surface area contributed by atoms with Crippen molar-refractivity contribution in [1.29, 1.82) is 0 Å². The summed E-state index contributed by atoms with van der Waals surface area (Å²) in [5, 5.41) is 0. The van der Waals surface area contributed by atoms with Crippen molar-refractivity contribution >= 4 is 17.0 Å². The molecule has 1 atom stereocenters. The summed E-state index contributed by atoms with van der Waals surface area (Å²) < 4.78 is 12.9. The molecule has 0 bridgehead atoms. The highest BCUT2D eigenvalue weighted by atomic mass is 16.5. The van der Waals surface area contributed by atoms with E-state index in [9.17, 15) is 4.79 Å². The smallest absolute Gasteiger partial charge is 0.338 e. The van der Waals surface area contributed by atoms with Crippen molar-refractivity contribution in [3.05, 3.63) is 48.0 Å². The molecule has 0 aliphatic carbocycles. The van der Waals surface area contributed by atoms with E-state index in [1.165, 1.54) is 0 Å². The zero-order chi connectivity index (χ0) is 18.7. The van der Waals surface area contributed by atoms with E-state index in [4.69, 9.17) is 14.5 Å². The number of ether oxygens (including phenoxy) is 2. The Hall–Kier alpha value is -2.82. The first-order chi connectivity index (χ1) is 12.6. The molecule has 0 saturated heterocycles. The quantitative estimate of drug-likeness (QED) is 0.595. The minimum Gasteiger partial charge on any atom is -0.496 e. The predicted molar refractivity (Wildman–Crippen MR) is 103 cm³/mol. The van der Waals surface area contributed by atoms with Crippen LogP contribution in [0.25, 0.3) is 22.4 Å². The summed E-state index contributed by atoms with van der Waals surface area (Å²) in [4.78, 5) is 16.9. The summed E-state index contributed by atoms with van der Waals surface area (Å²) in [6.07, 6.45) is 0.966. The fourth-order valence-corrected chi connectivity index (χ4v) is 3.09. The van der Waals surface area contributed by atoms with E-state index < -0.39 is 0 Å². The first kappa shape index (κ1) is 18.0. The maximum Gasteiger partial charge on any atom is 0.338 e. The van der Waals surface area contributed by atoms with E-state index in [0.717, 1.165) is 34.6 Å². The Kier molecular flexibility index (Phi) is 5.26. The standard InChI is InChI=1S/C21H24N2O3/c1-5-14(3)23-18-12-11-15(21(24)26-6-2)13-17(18)22-20(23)16-9-7-8-10-19(16)25-4/h7-14H,5-6H2,1-4H3. The highest BCUT2D eigenvalue weighted by Gasteiger charge is 2.20. The monoisotopic (exact) mass is 352 g/mol. The Morgan fingerprint density at radius 2 is 1.96 bits per heavy atom. The number of imidazole rings is 1. The second kappa shape index (κ2) is 7.60. The number of benzene rings is 2. The van der Waals surface area contributed by atoms with Crippen molar-refractivity contribution in [2.75, 3.05) is 13.7 Å². The number of carbonyl (C=O) groups is 1. The number of methoxy groups -OCH3 is 1. The molecule has 3 aromatic rings. The third-order valence-corrected chi connectivity index (χ3v) is 4.58. The first-order valence-corrected chi connectivity index (χ1v) is 8.93. The third-order valence-electron chi connectivity index (χ3n) is 4.58. The molecular weight excluding hydrogens is 328 g/mol. The number of esters is 1. The molecule has 1 unspecified atom stereocenters. The molecule has 0 radical (unpaired) electrons. The zero-order valence-electron chi connectivity index (χ0n) is 15.7. The number of hydrogen-bond donors (Lipinski definition) is 0. The fourth-order valence-electron chi connectivity index (χ4n) is 3.09. The van der Waals surface area contributed by atoms with Gasteiger partial charge in [0.1, 0.15) is 11.6 Å². The maximum absolute atomic E-state index is 12.1. The number of hydrogen-bond acceptors (Lipinski definition) is 4. The van der Waals surface area contributed by atoms with Crippen molar-refractivity contribution in [2.24, 2.45) is 0 Å². The molecule has 3 rings (SSSR count). The lowest BCUT2D eigenvalue weighted by Crippen LogP contribution is -2.07. The topological polar surface area (TPSA) is 53.4 Å². The summed E-state index contributed by atoms with van der Waals surface area (Å²) in [5.74, 6) is 1.29. The van der Waals surface area contributed by atoms with Crippen LogP contribution in [0.2, 0.25) is 0 Å². The molecule has 26 heavy (non-hydrogen) atoms. The number of fused-ring (bicyclic) bond motifs is 1. The Morgan fingerprint density at radius 3 is 2.65 bits per heavy atom. The second-order valence-corrected chi connectivity index (χ2v) is 6.19. The van der Waals surface area contributed by atoms with Crippen LogP contribution < -0.4 is 4.74 Å². The van der Waals surface area contributed by atoms with Gasteiger partial charge in [0.05, 0.1) is 35.9 Å². The maximum atomic E-state index is 12.1. The largest absolute Gasteiger partial charge is 0.496 e. The number of carbonyl (C=O) groups excluding carboxylic acids is 1. The van der Waals surface area contributed by atoms with E-state index >= 15 is 0 Å². The lowest BCUT2D eigenvalue weighted by Gasteiger charge is -2.17. The minimum atomic E-state index is -0.327. The van der Waals surface area contributed by atoms with Crippen molar-refractivity contribution in [3.63, 3.8) is 0 Å². The normalized spacial score (nSPS) is 12.2. The van der Waals surface area contributed by atoms with Gasteiger partial charge in [0.15, 0.2) is 0 Å². The molecule has 5 nitrogen and oxygen atoms in total.